The van der Waals surface area contributed by atoms with Crippen LogP contribution in [0.4, 0.5) is 20.2 Å². The van der Waals surface area contributed by atoms with E-state index >= 15 is 0 Å². The molecule has 1 heterocycles. The summed E-state index contributed by atoms with van der Waals surface area (Å²) >= 11 is 12.1. The number of nitro benzene ring substituents is 1. The Bertz CT molecular complexity index is 1280. The fraction of sp³-hybridized carbons (Fsp3) is 0.273. The average molecular weight is 511 g/mol. The van der Waals surface area contributed by atoms with Crippen LogP contribution in [0.1, 0.15) is 42.1 Å². The number of non-ortho nitro benzene ring substituents is 1. The summed E-state index contributed by atoms with van der Waals surface area (Å²) in [5, 5.41) is 18.2. The molecule has 0 atom stereocenters. The topological polar surface area (TPSA) is 99.3 Å². The number of nitrogens with one attached hydrogen (secondary N) is 1. The summed E-state index contributed by atoms with van der Waals surface area (Å²) in [6, 6.07) is 8.70. The number of carbonyl (C=O) groups is 1. The second-order valence-electron chi connectivity index (χ2n) is 7.85. The highest BCUT2D eigenvalue weighted by atomic mass is 35.5. The van der Waals surface area contributed by atoms with Gasteiger partial charge in [-0.3, -0.25) is 19.6 Å². The maximum atomic E-state index is 13.2. The quantitative estimate of drug-likeness (QED) is 0.270. The molecule has 12 heteroatoms. The van der Waals surface area contributed by atoms with Crippen LogP contribution in [0.2, 0.25) is 10.0 Å². The first kappa shape index (κ1) is 23.9. The van der Waals surface area contributed by atoms with Crippen LogP contribution in [-0.4, -0.2) is 20.6 Å². The van der Waals surface area contributed by atoms with Crippen LogP contribution in [0.25, 0.3) is 0 Å². The molecule has 0 saturated heterocycles. The summed E-state index contributed by atoms with van der Waals surface area (Å²) in [6.07, 6.45) is -1.33. The summed E-state index contributed by atoms with van der Waals surface area (Å²) in [4.78, 5) is 23.4. The Morgan fingerprint density at radius 2 is 2.00 bits per heavy atom. The van der Waals surface area contributed by atoms with E-state index in [-0.39, 0.29) is 34.6 Å². The molecule has 1 saturated carbocycles. The summed E-state index contributed by atoms with van der Waals surface area (Å²) in [5.41, 5.74) is 0.374. The third-order valence-electron chi connectivity index (χ3n) is 5.17. The Balaban J connectivity index is 1.56. The number of carbonyl (C=O) groups excluding carboxylic acids is 1. The predicted octanol–water partition coefficient (Wildman–Crippen LogP) is 6.65. The lowest BCUT2D eigenvalue weighted by molar-refractivity contribution is -0.384. The molecule has 0 aliphatic heterocycles. The molecule has 0 unspecified atom stereocenters. The smallest absolute Gasteiger partial charge is 0.283 e. The molecule has 1 amide bonds. The molecule has 0 spiro atoms. The molecule has 3 aromatic rings. The van der Waals surface area contributed by atoms with Crippen molar-refractivity contribution < 1.29 is 23.2 Å². The molecule has 2 aromatic carbocycles. The molecule has 1 N–H and O–H groups in total. The van der Waals surface area contributed by atoms with Gasteiger partial charge in [-0.2, -0.15) is 5.10 Å². The zero-order valence-electron chi connectivity index (χ0n) is 17.7. The van der Waals surface area contributed by atoms with Crippen molar-refractivity contribution in [3.8, 4) is 11.5 Å². The lowest BCUT2D eigenvalue weighted by atomic mass is 10.2. The number of hydrogen-bond acceptors (Lipinski definition) is 5. The third kappa shape index (κ3) is 5.28. The van der Waals surface area contributed by atoms with Gasteiger partial charge in [-0.25, -0.2) is 8.78 Å². The predicted molar refractivity (Wildman–Crippen MR) is 122 cm³/mol. The molecule has 178 valence electrons. The summed E-state index contributed by atoms with van der Waals surface area (Å²) in [6.45, 7) is 1.40. The number of alkyl halides is 2. The number of hydrogen-bond donors (Lipinski definition) is 1. The Morgan fingerprint density at radius 3 is 2.62 bits per heavy atom. The SMILES string of the molecule is Cc1cc(Oc2cc(NC(=O)Cn3nc(C(F)F)c(Cl)c3C3CC3)cc([N+](=O)[O-])c2)ccc1Cl. The van der Waals surface area contributed by atoms with Crippen molar-refractivity contribution in [2.75, 3.05) is 5.32 Å². The van der Waals surface area contributed by atoms with Crippen molar-refractivity contribution in [2.45, 2.75) is 38.7 Å². The van der Waals surface area contributed by atoms with E-state index in [0.717, 1.165) is 18.4 Å². The van der Waals surface area contributed by atoms with E-state index in [1.807, 2.05) is 0 Å². The number of halogens is 4. The van der Waals surface area contributed by atoms with Gasteiger partial charge in [-0.1, -0.05) is 23.2 Å². The highest BCUT2D eigenvalue weighted by molar-refractivity contribution is 6.32. The number of anilines is 1. The van der Waals surface area contributed by atoms with E-state index in [2.05, 4.69) is 10.4 Å². The maximum Gasteiger partial charge on any atom is 0.283 e. The second kappa shape index (κ2) is 9.55. The summed E-state index contributed by atoms with van der Waals surface area (Å²) in [7, 11) is 0. The molecule has 1 aromatic heterocycles. The van der Waals surface area contributed by atoms with Gasteiger partial charge in [-0.15, -0.1) is 0 Å². The molecule has 1 aliphatic carbocycles. The van der Waals surface area contributed by atoms with Crippen LogP contribution < -0.4 is 10.1 Å². The van der Waals surface area contributed by atoms with Crippen LogP contribution in [0.15, 0.2) is 36.4 Å². The molecular formula is C22H18Cl2F2N4O4. The Kier molecular flexibility index (Phi) is 6.72. The zero-order chi connectivity index (χ0) is 24.6. The van der Waals surface area contributed by atoms with E-state index in [0.29, 0.717) is 16.5 Å². The van der Waals surface area contributed by atoms with Gasteiger partial charge >= 0.3 is 0 Å². The average Bonchev–Trinajstić information content (AvgIpc) is 3.53. The number of nitrogens with zero attached hydrogens (tertiary/aromatic N) is 3. The lowest BCUT2D eigenvalue weighted by Crippen LogP contribution is -2.21. The first-order valence-electron chi connectivity index (χ1n) is 10.2. The van der Waals surface area contributed by atoms with Crippen LogP contribution >= 0.6 is 23.2 Å². The highest BCUT2D eigenvalue weighted by Gasteiger charge is 2.34. The number of benzene rings is 2. The largest absolute Gasteiger partial charge is 0.457 e. The van der Waals surface area contributed by atoms with Gasteiger partial charge in [0.1, 0.15) is 23.7 Å². The van der Waals surface area contributed by atoms with Crippen LogP contribution in [0, 0.1) is 17.0 Å². The molecule has 34 heavy (non-hydrogen) atoms. The number of amides is 1. The number of rotatable bonds is 8. The number of nitro groups is 1. The highest BCUT2D eigenvalue weighted by Crippen LogP contribution is 2.45. The Labute approximate surface area is 202 Å². The number of aromatic nitrogens is 2. The van der Waals surface area contributed by atoms with E-state index in [9.17, 15) is 23.7 Å². The minimum absolute atomic E-state index is 0.0269. The Hall–Kier alpha value is -3.24. The van der Waals surface area contributed by atoms with Gasteiger partial charge in [0.15, 0.2) is 0 Å². The Morgan fingerprint density at radius 1 is 1.26 bits per heavy atom. The van der Waals surface area contributed by atoms with Gasteiger partial charge in [-0.05, 0) is 43.5 Å². The monoisotopic (exact) mass is 510 g/mol. The van der Waals surface area contributed by atoms with Gasteiger partial charge in [0, 0.05) is 23.1 Å². The second-order valence-corrected chi connectivity index (χ2v) is 8.64. The van der Waals surface area contributed by atoms with E-state index in [4.69, 9.17) is 27.9 Å². The van der Waals surface area contributed by atoms with Crippen molar-refractivity contribution in [1.82, 2.24) is 9.78 Å². The zero-order valence-corrected chi connectivity index (χ0v) is 19.2. The van der Waals surface area contributed by atoms with Crippen molar-refractivity contribution in [3.63, 3.8) is 0 Å². The van der Waals surface area contributed by atoms with Crippen molar-refractivity contribution in [1.29, 1.82) is 0 Å². The van der Waals surface area contributed by atoms with Crippen molar-refractivity contribution >= 4 is 40.5 Å². The van der Waals surface area contributed by atoms with Crippen LogP contribution in [0.3, 0.4) is 0 Å². The molecule has 1 aliphatic rings. The fourth-order valence-electron chi connectivity index (χ4n) is 3.45. The first-order valence-corrected chi connectivity index (χ1v) is 11.0. The van der Waals surface area contributed by atoms with Gasteiger partial charge < -0.3 is 10.1 Å². The maximum absolute atomic E-state index is 13.2. The van der Waals surface area contributed by atoms with Crippen LogP contribution in [-0.2, 0) is 11.3 Å². The van der Waals surface area contributed by atoms with Crippen molar-refractivity contribution in [2.24, 2.45) is 0 Å². The minimum Gasteiger partial charge on any atom is -0.457 e. The fourth-order valence-corrected chi connectivity index (χ4v) is 3.94. The van der Waals surface area contributed by atoms with Crippen molar-refractivity contribution in [3.05, 3.63) is 73.5 Å². The van der Waals surface area contributed by atoms with E-state index in [1.165, 1.54) is 22.9 Å². The number of aryl methyl sites for hydroxylation is 1. The molecular weight excluding hydrogens is 493 g/mol. The molecule has 8 nitrogen and oxygen atoms in total. The number of ether oxygens (including phenoxy) is 1. The standard InChI is InChI=1S/C22H18Cl2F2N4O4/c1-11-6-15(4-5-17(11)23)34-16-8-13(7-14(9-16)30(32)33)27-18(31)10-29-21(12-2-3-12)19(24)20(28-29)22(25)26/h4-9,12,22H,2-3,10H2,1H3,(H,27,31). The van der Waals surface area contributed by atoms with E-state index in [1.54, 1.807) is 25.1 Å². The molecule has 4 rings (SSSR count). The van der Waals surface area contributed by atoms with E-state index < -0.39 is 22.9 Å². The summed E-state index contributed by atoms with van der Waals surface area (Å²) < 4.78 is 33.4. The third-order valence-corrected chi connectivity index (χ3v) is 5.98. The van der Waals surface area contributed by atoms with Crippen LogP contribution in [0.5, 0.6) is 11.5 Å². The molecule has 0 radical (unpaired) electrons. The van der Waals surface area contributed by atoms with Gasteiger partial charge in [0.25, 0.3) is 12.1 Å². The first-order chi connectivity index (χ1) is 16.1. The summed E-state index contributed by atoms with van der Waals surface area (Å²) in [5.74, 6) is -0.122. The minimum atomic E-state index is -2.87. The van der Waals surface area contributed by atoms with Gasteiger partial charge in [0.05, 0.1) is 27.4 Å². The molecule has 1 fully saturated rings. The molecule has 0 bridgehead atoms. The van der Waals surface area contributed by atoms with Gasteiger partial charge in [0.2, 0.25) is 5.91 Å². The lowest BCUT2D eigenvalue weighted by Gasteiger charge is -2.11. The normalized spacial score (nSPS) is 13.2.